The first kappa shape index (κ1) is 22.5. The smallest absolute Gasteiger partial charge is 0.290 e. The first-order chi connectivity index (χ1) is 12.3. The maximum Gasteiger partial charge on any atom is 0.290 e. The number of hydrogen-bond donors (Lipinski definition) is 2. The molecule has 0 amide bonds. The molecule has 0 saturated carbocycles. The minimum atomic E-state index is -0.250. The number of carbonyl (C=O) groups excluding carboxylic acids is 1. The first-order valence-corrected chi connectivity index (χ1v) is 8.40. The van der Waals surface area contributed by atoms with E-state index in [4.69, 9.17) is 9.90 Å². The second-order valence-electron chi connectivity index (χ2n) is 4.93. The van der Waals surface area contributed by atoms with Crippen molar-refractivity contribution >= 4 is 19.0 Å². The third-order valence-corrected chi connectivity index (χ3v) is 3.45. The monoisotopic (exact) mass is 344 g/mol. The standard InChI is InChI=1S/C17H20N2O.C2H6.CH2O2/c1-18-13-16(6-4-12-20)14-7-8-15-5-2-3-11-19-17(15)10-9-14;1-2;2-1-3/h2-4,6-7,9-12,16,18H,5,8,13H2,1H3;1-2H3;1H,(H,2,3)/b6-4-;;. The van der Waals surface area contributed by atoms with E-state index in [1.54, 1.807) is 6.08 Å². The summed E-state index contributed by atoms with van der Waals surface area (Å²) in [5.74, 6) is 0.213. The molecule has 0 fully saturated rings. The molecular formula is C20H28N2O3. The molecule has 136 valence electrons. The molecule has 0 aromatic heterocycles. The van der Waals surface area contributed by atoms with Gasteiger partial charge in [0.15, 0.2) is 0 Å². The Hall–Kier alpha value is -2.53. The maximum atomic E-state index is 10.5. The van der Waals surface area contributed by atoms with E-state index >= 15 is 0 Å². The van der Waals surface area contributed by atoms with Gasteiger partial charge >= 0.3 is 0 Å². The van der Waals surface area contributed by atoms with Gasteiger partial charge in [-0.15, -0.1) is 0 Å². The van der Waals surface area contributed by atoms with Gasteiger partial charge in [-0.25, -0.2) is 0 Å². The molecule has 5 nitrogen and oxygen atoms in total. The molecule has 0 aromatic rings. The van der Waals surface area contributed by atoms with E-state index in [0.717, 1.165) is 31.4 Å². The van der Waals surface area contributed by atoms with Crippen molar-refractivity contribution in [2.24, 2.45) is 10.9 Å². The van der Waals surface area contributed by atoms with E-state index in [2.05, 4.69) is 34.6 Å². The van der Waals surface area contributed by atoms with Crippen LogP contribution in [-0.4, -0.2) is 37.7 Å². The Morgan fingerprint density at radius 3 is 2.64 bits per heavy atom. The van der Waals surface area contributed by atoms with Crippen LogP contribution < -0.4 is 5.32 Å². The summed E-state index contributed by atoms with van der Waals surface area (Å²) in [7, 11) is 1.92. The molecule has 0 spiro atoms. The Morgan fingerprint density at radius 1 is 1.28 bits per heavy atom. The summed E-state index contributed by atoms with van der Waals surface area (Å²) in [4.78, 5) is 23.4. The van der Waals surface area contributed by atoms with Crippen LogP contribution >= 0.6 is 0 Å². The summed E-state index contributed by atoms with van der Waals surface area (Å²) in [6.45, 7) is 4.56. The highest BCUT2D eigenvalue weighted by molar-refractivity contribution is 5.73. The number of nitrogens with zero attached hydrogens (tertiary/aromatic N) is 1. The third-order valence-electron chi connectivity index (χ3n) is 3.45. The normalized spacial score (nSPS) is 16.4. The highest BCUT2D eigenvalue weighted by Crippen LogP contribution is 2.26. The van der Waals surface area contributed by atoms with Crippen LogP contribution in [0.25, 0.3) is 0 Å². The molecule has 0 saturated heterocycles. The zero-order valence-electron chi connectivity index (χ0n) is 15.2. The van der Waals surface area contributed by atoms with E-state index in [0.29, 0.717) is 0 Å². The van der Waals surface area contributed by atoms with Gasteiger partial charge in [-0.05, 0) is 49.3 Å². The zero-order valence-corrected chi connectivity index (χ0v) is 15.2. The van der Waals surface area contributed by atoms with Gasteiger partial charge in [0.25, 0.3) is 6.47 Å². The second-order valence-corrected chi connectivity index (χ2v) is 4.93. The van der Waals surface area contributed by atoms with Crippen LogP contribution in [0.1, 0.15) is 26.7 Å². The SMILES string of the molecule is CC.CNCC(/C=C\C=O)C1=CCC2=C(C=C1)N=CC=CC2.O=CO. The second kappa shape index (κ2) is 15.0. The quantitative estimate of drug-likeness (QED) is 0.591. The predicted octanol–water partition coefficient (Wildman–Crippen LogP) is 3.48. The van der Waals surface area contributed by atoms with Crippen molar-refractivity contribution < 1.29 is 14.7 Å². The number of hydrogen-bond acceptors (Lipinski definition) is 4. The van der Waals surface area contributed by atoms with Crippen molar-refractivity contribution in [1.29, 1.82) is 0 Å². The highest BCUT2D eigenvalue weighted by atomic mass is 16.3. The van der Waals surface area contributed by atoms with Gasteiger partial charge in [0.2, 0.25) is 0 Å². The van der Waals surface area contributed by atoms with Gasteiger partial charge in [-0.1, -0.05) is 38.2 Å². The molecule has 2 aliphatic rings. The van der Waals surface area contributed by atoms with E-state index < -0.39 is 0 Å². The maximum absolute atomic E-state index is 10.5. The van der Waals surface area contributed by atoms with E-state index in [9.17, 15) is 4.79 Å². The lowest BCUT2D eigenvalue weighted by Gasteiger charge is -2.13. The number of carboxylic acid groups (broad SMARTS) is 1. The summed E-state index contributed by atoms with van der Waals surface area (Å²) in [5, 5.41) is 10.1. The van der Waals surface area contributed by atoms with Gasteiger partial charge in [0.05, 0.1) is 5.70 Å². The number of aliphatic imine (C=N–C) groups is 1. The Bertz CT molecular complexity index is 582. The van der Waals surface area contributed by atoms with Crippen molar-refractivity contribution in [2.45, 2.75) is 26.7 Å². The number of allylic oxidation sites excluding steroid dienone is 7. The molecular weight excluding hydrogens is 316 g/mol. The fourth-order valence-corrected chi connectivity index (χ4v) is 2.39. The van der Waals surface area contributed by atoms with Gasteiger partial charge in [0.1, 0.15) is 6.29 Å². The average molecular weight is 344 g/mol. The Kier molecular flexibility index (Phi) is 13.5. The van der Waals surface area contributed by atoms with E-state index in [1.165, 1.54) is 11.1 Å². The first-order valence-electron chi connectivity index (χ1n) is 8.40. The molecule has 1 aliphatic carbocycles. The van der Waals surface area contributed by atoms with Crippen molar-refractivity contribution in [1.82, 2.24) is 5.32 Å². The zero-order chi connectivity index (χ0) is 18.9. The highest BCUT2D eigenvalue weighted by Gasteiger charge is 2.12. The van der Waals surface area contributed by atoms with E-state index in [-0.39, 0.29) is 12.4 Å². The fourth-order valence-electron chi connectivity index (χ4n) is 2.39. The molecule has 1 aliphatic heterocycles. The number of nitrogens with one attached hydrogen (secondary N) is 1. The van der Waals surface area contributed by atoms with Crippen LogP contribution in [0.3, 0.4) is 0 Å². The molecule has 25 heavy (non-hydrogen) atoms. The van der Waals surface area contributed by atoms with Gasteiger partial charge in [0, 0.05) is 18.7 Å². The minimum Gasteiger partial charge on any atom is -0.483 e. The van der Waals surface area contributed by atoms with Crippen LogP contribution in [-0.2, 0) is 9.59 Å². The molecule has 1 heterocycles. The molecule has 1 unspecified atom stereocenters. The molecule has 2 N–H and O–H groups in total. The summed E-state index contributed by atoms with van der Waals surface area (Å²) >= 11 is 0. The van der Waals surface area contributed by atoms with Crippen LogP contribution in [0.2, 0.25) is 0 Å². The lowest BCUT2D eigenvalue weighted by atomic mass is 9.96. The lowest BCUT2D eigenvalue weighted by molar-refractivity contribution is -0.122. The van der Waals surface area contributed by atoms with Crippen LogP contribution in [0.5, 0.6) is 0 Å². The molecule has 2 rings (SSSR count). The topological polar surface area (TPSA) is 78.8 Å². The van der Waals surface area contributed by atoms with Crippen LogP contribution in [0.15, 0.2) is 64.4 Å². The van der Waals surface area contributed by atoms with Gasteiger partial charge in [-0.3, -0.25) is 14.6 Å². The summed E-state index contributed by atoms with van der Waals surface area (Å²) in [6.07, 6.45) is 18.6. The third kappa shape index (κ3) is 8.77. The Morgan fingerprint density at radius 2 is 2.00 bits per heavy atom. The molecule has 1 atom stereocenters. The van der Waals surface area contributed by atoms with Crippen LogP contribution in [0, 0.1) is 5.92 Å². The van der Waals surface area contributed by atoms with Crippen molar-refractivity contribution in [2.75, 3.05) is 13.6 Å². The molecule has 0 bridgehead atoms. The largest absolute Gasteiger partial charge is 0.483 e. The average Bonchev–Trinajstić information content (AvgIpc) is 2.97. The summed E-state index contributed by atoms with van der Waals surface area (Å²) in [6, 6.07) is 0. The van der Waals surface area contributed by atoms with Crippen molar-refractivity contribution in [3.63, 3.8) is 0 Å². The summed E-state index contributed by atoms with van der Waals surface area (Å²) in [5.41, 5.74) is 3.62. The minimum absolute atomic E-state index is 0.213. The Labute approximate surface area is 150 Å². The summed E-state index contributed by atoms with van der Waals surface area (Å²) < 4.78 is 0. The lowest BCUT2D eigenvalue weighted by Crippen LogP contribution is -2.18. The fraction of sp³-hybridized carbons (Fsp3) is 0.350. The van der Waals surface area contributed by atoms with Crippen molar-refractivity contribution in [3.8, 4) is 0 Å². The Balaban J connectivity index is 0.00000104. The van der Waals surface area contributed by atoms with E-state index in [1.807, 2.05) is 39.3 Å². The molecule has 0 radical (unpaired) electrons. The molecule has 5 heteroatoms. The number of carbonyl (C=O) groups is 2. The van der Waals surface area contributed by atoms with Crippen molar-refractivity contribution in [3.05, 3.63) is 59.4 Å². The van der Waals surface area contributed by atoms with Gasteiger partial charge in [-0.2, -0.15) is 0 Å². The van der Waals surface area contributed by atoms with Crippen LogP contribution in [0.4, 0.5) is 0 Å². The predicted molar refractivity (Wildman–Crippen MR) is 104 cm³/mol. The molecule has 0 aromatic carbocycles. The number of aldehydes is 1. The van der Waals surface area contributed by atoms with Gasteiger partial charge < -0.3 is 10.4 Å². The number of rotatable bonds is 5.